The minimum Gasteiger partial charge on any atom is -0.382 e. The number of nitrogens with zero attached hydrogens (tertiary/aromatic N) is 1. The van der Waals surface area contributed by atoms with E-state index in [0.29, 0.717) is 23.5 Å². The minimum absolute atomic E-state index is 0.129. The molecule has 2 aromatic rings. The normalized spacial score (nSPS) is 10.7. The monoisotopic (exact) mass is 297 g/mol. The number of halogens is 1. The van der Waals surface area contributed by atoms with Gasteiger partial charge in [-0.2, -0.15) is 4.37 Å². The number of aryl methyl sites for hydroxylation is 2. The molecule has 0 atom stereocenters. The van der Waals surface area contributed by atoms with Crippen molar-refractivity contribution in [2.45, 2.75) is 25.3 Å². The molecule has 0 aliphatic rings. The number of benzene rings is 1. The highest BCUT2D eigenvalue weighted by atomic mass is 32.2. The van der Waals surface area contributed by atoms with Crippen LogP contribution in [0.15, 0.2) is 17.0 Å². The maximum absolute atomic E-state index is 13.5. The standard InChI is InChI=1S/C13H16FN3S2/c1-7-4-9(5-8(2)10(7)14)6-16-13-11(18-3)12(15)17-19-13/h4-5,16H,6H2,1-3H3,(H2,15,17). The van der Waals surface area contributed by atoms with Crippen LogP contribution in [-0.4, -0.2) is 10.6 Å². The Morgan fingerprint density at radius 2 is 2.00 bits per heavy atom. The molecule has 3 N–H and O–H groups in total. The zero-order chi connectivity index (χ0) is 14.0. The van der Waals surface area contributed by atoms with Crippen molar-refractivity contribution in [2.75, 3.05) is 17.3 Å². The number of nitrogen functional groups attached to an aromatic ring is 1. The van der Waals surface area contributed by atoms with Gasteiger partial charge in [0.25, 0.3) is 0 Å². The van der Waals surface area contributed by atoms with E-state index in [4.69, 9.17) is 5.73 Å². The third-order valence-electron chi connectivity index (χ3n) is 2.83. The van der Waals surface area contributed by atoms with Gasteiger partial charge in [-0.1, -0.05) is 12.1 Å². The van der Waals surface area contributed by atoms with E-state index >= 15 is 0 Å². The number of hydrogen-bond acceptors (Lipinski definition) is 5. The minimum atomic E-state index is -0.129. The molecule has 102 valence electrons. The second kappa shape index (κ2) is 5.79. The fourth-order valence-electron chi connectivity index (χ4n) is 1.92. The van der Waals surface area contributed by atoms with E-state index in [1.807, 2.05) is 18.4 Å². The number of nitrogens with one attached hydrogen (secondary N) is 1. The lowest BCUT2D eigenvalue weighted by Gasteiger charge is -2.09. The van der Waals surface area contributed by atoms with Crippen LogP contribution < -0.4 is 11.1 Å². The smallest absolute Gasteiger partial charge is 0.153 e. The largest absolute Gasteiger partial charge is 0.382 e. The van der Waals surface area contributed by atoms with Crippen LogP contribution in [0.2, 0.25) is 0 Å². The van der Waals surface area contributed by atoms with Crippen LogP contribution in [0.3, 0.4) is 0 Å². The average Bonchev–Trinajstić information content (AvgIpc) is 2.73. The van der Waals surface area contributed by atoms with Gasteiger partial charge in [0.2, 0.25) is 0 Å². The first-order chi connectivity index (χ1) is 9.02. The van der Waals surface area contributed by atoms with E-state index in [2.05, 4.69) is 9.69 Å². The molecule has 0 amide bonds. The molecule has 0 spiro atoms. The molecule has 1 heterocycles. The Kier molecular flexibility index (Phi) is 4.31. The Balaban J connectivity index is 2.14. The van der Waals surface area contributed by atoms with Gasteiger partial charge >= 0.3 is 0 Å². The van der Waals surface area contributed by atoms with Crippen LogP contribution in [0.25, 0.3) is 0 Å². The molecule has 1 aromatic carbocycles. The molecule has 19 heavy (non-hydrogen) atoms. The van der Waals surface area contributed by atoms with E-state index in [0.717, 1.165) is 15.5 Å². The van der Waals surface area contributed by atoms with E-state index in [1.54, 1.807) is 25.6 Å². The van der Waals surface area contributed by atoms with Crippen molar-refractivity contribution >= 4 is 34.1 Å². The number of thioether (sulfide) groups is 1. The van der Waals surface area contributed by atoms with Crippen molar-refractivity contribution in [2.24, 2.45) is 0 Å². The molecule has 0 radical (unpaired) electrons. The van der Waals surface area contributed by atoms with Crippen LogP contribution in [0.5, 0.6) is 0 Å². The maximum Gasteiger partial charge on any atom is 0.153 e. The summed E-state index contributed by atoms with van der Waals surface area (Å²) in [7, 11) is 0. The van der Waals surface area contributed by atoms with Gasteiger partial charge in [0.1, 0.15) is 10.8 Å². The SMILES string of the molecule is CSc1c(N)nsc1NCc1cc(C)c(F)c(C)c1. The number of nitrogens with two attached hydrogens (primary N) is 1. The molecule has 0 aliphatic carbocycles. The van der Waals surface area contributed by atoms with E-state index in [1.165, 1.54) is 11.5 Å². The van der Waals surface area contributed by atoms with Crippen LogP contribution in [0, 0.1) is 19.7 Å². The summed E-state index contributed by atoms with van der Waals surface area (Å²) in [5.41, 5.74) is 8.17. The lowest BCUT2D eigenvalue weighted by molar-refractivity contribution is 0.608. The fraction of sp³-hybridized carbons (Fsp3) is 0.308. The van der Waals surface area contributed by atoms with Crippen molar-refractivity contribution < 1.29 is 4.39 Å². The Labute approximate surface area is 120 Å². The third-order valence-corrected chi connectivity index (χ3v) is 4.60. The third kappa shape index (κ3) is 3.01. The van der Waals surface area contributed by atoms with Gasteiger partial charge in [-0.15, -0.1) is 11.8 Å². The van der Waals surface area contributed by atoms with Crippen molar-refractivity contribution in [3.63, 3.8) is 0 Å². The van der Waals surface area contributed by atoms with Gasteiger partial charge in [-0.05, 0) is 48.3 Å². The zero-order valence-corrected chi connectivity index (χ0v) is 12.7. The Morgan fingerprint density at radius 1 is 1.37 bits per heavy atom. The molecular weight excluding hydrogens is 281 g/mol. The number of rotatable bonds is 4. The predicted octanol–water partition coefficient (Wildman–Crippen LogP) is 3.82. The molecular formula is C13H16FN3S2. The molecule has 3 nitrogen and oxygen atoms in total. The molecule has 0 fully saturated rings. The van der Waals surface area contributed by atoms with Crippen molar-refractivity contribution in [1.82, 2.24) is 4.37 Å². The number of anilines is 2. The Bertz CT molecular complexity index is 573. The molecule has 6 heteroatoms. The van der Waals surface area contributed by atoms with E-state index < -0.39 is 0 Å². The first kappa shape index (κ1) is 14.1. The van der Waals surface area contributed by atoms with Crippen LogP contribution in [0.1, 0.15) is 16.7 Å². The molecule has 0 bridgehead atoms. The summed E-state index contributed by atoms with van der Waals surface area (Å²) in [5, 5.41) is 4.27. The summed E-state index contributed by atoms with van der Waals surface area (Å²) in [6.07, 6.45) is 1.97. The highest BCUT2D eigenvalue weighted by Gasteiger charge is 2.10. The van der Waals surface area contributed by atoms with E-state index in [-0.39, 0.29) is 5.82 Å². The molecule has 0 unspecified atom stereocenters. The van der Waals surface area contributed by atoms with Crippen molar-refractivity contribution in [1.29, 1.82) is 0 Å². The van der Waals surface area contributed by atoms with Gasteiger partial charge < -0.3 is 11.1 Å². The van der Waals surface area contributed by atoms with Gasteiger partial charge in [0.05, 0.1) is 4.90 Å². The lowest BCUT2D eigenvalue weighted by Crippen LogP contribution is -2.01. The second-order valence-corrected chi connectivity index (χ2v) is 5.92. The summed E-state index contributed by atoms with van der Waals surface area (Å²) >= 11 is 2.92. The molecule has 2 rings (SSSR count). The average molecular weight is 297 g/mol. The summed E-state index contributed by atoms with van der Waals surface area (Å²) in [6.45, 7) is 4.20. The second-order valence-electron chi connectivity index (χ2n) is 4.33. The predicted molar refractivity (Wildman–Crippen MR) is 81.5 cm³/mol. The van der Waals surface area contributed by atoms with Crippen molar-refractivity contribution in [3.05, 3.63) is 34.6 Å². The summed E-state index contributed by atoms with van der Waals surface area (Å²) in [5.74, 6) is 0.432. The molecule has 0 aliphatic heterocycles. The number of hydrogen-bond donors (Lipinski definition) is 2. The molecule has 1 aromatic heterocycles. The van der Waals surface area contributed by atoms with Gasteiger partial charge in [-0.25, -0.2) is 4.39 Å². The van der Waals surface area contributed by atoms with Crippen LogP contribution in [-0.2, 0) is 6.54 Å². The first-order valence-corrected chi connectivity index (χ1v) is 7.81. The topological polar surface area (TPSA) is 50.9 Å². The van der Waals surface area contributed by atoms with Crippen LogP contribution in [0.4, 0.5) is 15.2 Å². The van der Waals surface area contributed by atoms with Gasteiger partial charge in [0.15, 0.2) is 5.82 Å². The Morgan fingerprint density at radius 3 is 2.58 bits per heavy atom. The maximum atomic E-state index is 13.5. The Hall–Kier alpha value is -1.27. The summed E-state index contributed by atoms with van der Waals surface area (Å²) in [4.78, 5) is 0.973. The lowest BCUT2D eigenvalue weighted by atomic mass is 10.1. The van der Waals surface area contributed by atoms with Gasteiger partial charge in [-0.3, -0.25) is 0 Å². The fourth-order valence-corrected chi connectivity index (χ4v) is 3.46. The van der Waals surface area contributed by atoms with Crippen LogP contribution >= 0.6 is 23.3 Å². The summed E-state index contributed by atoms with van der Waals surface area (Å²) < 4.78 is 17.7. The number of aromatic nitrogens is 1. The molecule has 0 saturated heterocycles. The van der Waals surface area contributed by atoms with Gasteiger partial charge in [0, 0.05) is 6.54 Å². The first-order valence-electron chi connectivity index (χ1n) is 5.81. The molecule has 0 saturated carbocycles. The highest BCUT2D eigenvalue weighted by Crippen LogP contribution is 2.34. The van der Waals surface area contributed by atoms with E-state index in [9.17, 15) is 4.39 Å². The zero-order valence-electron chi connectivity index (χ0n) is 11.1. The summed E-state index contributed by atoms with van der Waals surface area (Å²) in [6, 6.07) is 3.72. The van der Waals surface area contributed by atoms with Crippen molar-refractivity contribution in [3.8, 4) is 0 Å². The highest BCUT2D eigenvalue weighted by molar-refractivity contribution is 7.99. The quantitative estimate of drug-likeness (QED) is 0.842.